The van der Waals surface area contributed by atoms with Gasteiger partial charge in [0.15, 0.2) is 5.75 Å². The number of ether oxygens (including phenoxy) is 1. The molecule has 1 aliphatic rings. The molecule has 1 amide bonds. The monoisotopic (exact) mass is 463 g/mol. The number of amides is 1. The van der Waals surface area contributed by atoms with E-state index in [0.717, 1.165) is 16.8 Å². The van der Waals surface area contributed by atoms with Crippen LogP contribution in [0.2, 0.25) is 0 Å². The first-order valence-corrected chi connectivity index (χ1v) is 13.1. The molecule has 2 N–H and O–H groups in total. The minimum atomic E-state index is -3.66. The number of benzene rings is 1. The molecule has 1 heterocycles. The van der Waals surface area contributed by atoms with Gasteiger partial charge in [-0.15, -0.1) is 0 Å². The number of aliphatic hydroxyl groups excluding tert-OH is 1. The van der Waals surface area contributed by atoms with Crippen LogP contribution in [0, 0.1) is 5.92 Å². The maximum Gasteiger partial charge on any atom is 0.258 e. The van der Waals surface area contributed by atoms with Crippen molar-refractivity contribution < 1.29 is 31.5 Å². The summed E-state index contributed by atoms with van der Waals surface area (Å²) in [6.45, 7) is 3.48. The zero-order valence-corrected chi connectivity index (χ0v) is 19.3. The molecule has 2 rings (SSSR count). The van der Waals surface area contributed by atoms with E-state index in [4.69, 9.17) is 4.74 Å². The van der Waals surface area contributed by atoms with E-state index in [1.165, 1.54) is 30.1 Å². The van der Waals surface area contributed by atoms with Gasteiger partial charge in [-0.2, -0.15) is 0 Å². The van der Waals surface area contributed by atoms with Crippen LogP contribution in [-0.4, -0.2) is 88.5 Å². The molecule has 1 aliphatic heterocycles. The van der Waals surface area contributed by atoms with Crippen molar-refractivity contribution in [1.82, 2.24) is 9.21 Å². The number of carbonyl (C=O) groups is 1. The van der Waals surface area contributed by atoms with E-state index in [9.17, 15) is 26.7 Å². The van der Waals surface area contributed by atoms with Crippen LogP contribution in [0.15, 0.2) is 18.2 Å². The summed E-state index contributed by atoms with van der Waals surface area (Å²) < 4.78 is 57.0. The zero-order valence-electron chi connectivity index (χ0n) is 17.7. The third-order valence-electron chi connectivity index (χ3n) is 4.99. The van der Waals surface area contributed by atoms with Crippen molar-refractivity contribution in [3.05, 3.63) is 23.8 Å². The molecule has 0 saturated heterocycles. The molecule has 0 unspecified atom stereocenters. The second-order valence-corrected chi connectivity index (χ2v) is 11.6. The zero-order chi connectivity index (χ0) is 22.9. The smallest absolute Gasteiger partial charge is 0.258 e. The van der Waals surface area contributed by atoms with E-state index >= 15 is 0 Å². The fraction of sp³-hybridized carbons (Fsp3) is 0.611. The summed E-state index contributed by atoms with van der Waals surface area (Å²) in [5, 5.41) is 9.62. The summed E-state index contributed by atoms with van der Waals surface area (Å²) in [5.41, 5.74) is 0.212. The van der Waals surface area contributed by atoms with Gasteiger partial charge >= 0.3 is 0 Å². The second kappa shape index (κ2) is 9.08. The Bertz CT molecular complexity index is 995. The normalized spacial score (nSPS) is 21.4. The van der Waals surface area contributed by atoms with Crippen LogP contribution >= 0.6 is 0 Å². The molecule has 3 atom stereocenters. The number of rotatable bonds is 7. The molecule has 0 bridgehead atoms. The van der Waals surface area contributed by atoms with Crippen LogP contribution in [0.25, 0.3) is 0 Å². The molecule has 1 aromatic carbocycles. The molecule has 0 fully saturated rings. The maximum absolute atomic E-state index is 13.2. The third kappa shape index (κ3) is 5.84. The lowest BCUT2D eigenvalue weighted by Gasteiger charge is -2.38. The Balaban J connectivity index is 2.61. The third-order valence-corrected chi connectivity index (χ3v) is 6.86. The predicted molar refractivity (Wildman–Crippen MR) is 114 cm³/mol. The Labute approximate surface area is 177 Å². The van der Waals surface area contributed by atoms with Crippen LogP contribution in [0.1, 0.15) is 24.2 Å². The number of fused-ring (bicyclic) bond motifs is 1. The highest BCUT2D eigenvalue weighted by Gasteiger charge is 2.35. The number of hydrogen-bond donors (Lipinski definition) is 2. The summed E-state index contributed by atoms with van der Waals surface area (Å²) in [6, 6.07) is 4.01. The highest BCUT2D eigenvalue weighted by atomic mass is 32.2. The highest BCUT2D eigenvalue weighted by molar-refractivity contribution is 7.92. The number of nitrogens with one attached hydrogen (secondary N) is 1. The van der Waals surface area contributed by atoms with Gasteiger partial charge in [-0.05, 0) is 19.1 Å². The minimum absolute atomic E-state index is 0.00217. The van der Waals surface area contributed by atoms with Crippen molar-refractivity contribution in [1.29, 1.82) is 0 Å². The minimum Gasteiger partial charge on any atom is -0.486 e. The standard InChI is InChI=1S/C18H29N3O7S2/c1-12-9-21(13(2)11-22)18(23)14-7-6-8-15(19-29(4,24)25)17(14)28-16(12)10-20(3)30(5,26)27/h6-8,12-13,16,19,22H,9-11H2,1-5H3/t12-,13-,16-/m1/s1. The molecule has 0 aromatic heterocycles. The molecule has 1 aromatic rings. The highest BCUT2D eigenvalue weighted by Crippen LogP contribution is 2.35. The molecule has 0 spiro atoms. The Hall–Kier alpha value is -1.89. The number of likely N-dealkylation sites (N-methyl/N-ethyl adjacent to an activating group) is 1. The van der Waals surface area contributed by atoms with Gasteiger partial charge in [-0.25, -0.2) is 21.1 Å². The van der Waals surface area contributed by atoms with Crippen molar-refractivity contribution in [3.63, 3.8) is 0 Å². The summed E-state index contributed by atoms with van der Waals surface area (Å²) >= 11 is 0. The van der Waals surface area contributed by atoms with Gasteiger partial charge in [-0.1, -0.05) is 13.0 Å². The SMILES string of the molecule is C[C@@H]1CN([C@H](C)CO)C(=O)c2cccc(NS(C)(=O)=O)c2O[C@@H]1CN(C)S(C)(=O)=O. The molecule has 10 nitrogen and oxygen atoms in total. The number of sulfonamides is 2. The number of carbonyl (C=O) groups excluding carboxylic acids is 1. The molecule has 30 heavy (non-hydrogen) atoms. The Morgan fingerprint density at radius 2 is 1.93 bits per heavy atom. The van der Waals surface area contributed by atoms with E-state index in [0.29, 0.717) is 0 Å². The van der Waals surface area contributed by atoms with Crippen molar-refractivity contribution in [2.24, 2.45) is 5.92 Å². The van der Waals surface area contributed by atoms with Gasteiger partial charge in [-0.3, -0.25) is 9.52 Å². The van der Waals surface area contributed by atoms with Gasteiger partial charge in [0.05, 0.1) is 43.0 Å². The number of anilines is 1. The van der Waals surface area contributed by atoms with Gasteiger partial charge < -0.3 is 14.7 Å². The first-order valence-electron chi connectivity index (χ1n) is 9.35. The lowest BCUT2D eigenvalue weighted by molar-refractivity contribution is 0.0389. The number of hydrogen-bond acceptors (Lipinski definition) is 7. The molecule has 0 radical (unpaired) electrons. The molecular weight excluding hydrogens is 434 g/mol. The van der Waals surface area contributed by atoms with Crippen molar-refractivity contribution in [2.45, 2.75) is 26.0 Å². The predicted octanol–water partition coefficient (Wildman–Crippen LogP) is 0.170. The lowest BCUT2D eigenvalue weighted by Crippen LogP contribution is -2.50. The molecule has 0 saturated carbocycles. The fourth-order valence-corrected chi connectivity index (χ4v) is 4.11. The average Bonchev–Trinajstić information content (AvgIpc) is 2.62. The second-order valence-electron chi connectivity index (χ2n) is 7.72. The van der Waals surface area contributed by atoms with E-state index in [1.54, 1.807) is 6.92 Å². The van der Waals surface area contributed by atoms with E-state index in [-0.39, 0.29) is 42.6 Å². The number of aliphatic hydroxyl groups is 1. The Kier molecular flexibility index (Phi) is 7.38. The van der Waals surface area contributed by atoms with E-state index < -0.39 is 38.1 Å². The largest absolute Gasteiger partial charge is 0.486 e. The number of nitrogens with zero attached hydrogens (tertiary/aromatic N) is 2. The topological polar surface area (TPSA) is 133 Å². The summed E-state index contributed by atoms with van der Waals surface area (Å²) in [7, 11) is -5.73. The first kappa shape index (κ1) is 24.4. The molecule has 0 aliphatic carbocycles. The van der Waals surface area contributed by atoms with E-state index in [1.807, 2.05) is 6.92 Å². The number of para-hydroxylation sites is 1. The molecular formula is C18H29N3O7S2. The molecule has 12 heteroatoms. The maximum atomic E-state index is 13.2. The van der Waals surface area contributed by atoms with Gasteiger partial charge in [0.25, 0.3) is 5.91 Å². The van der Waals surface area contributed by atoms with Crippen LogP contribution in [0.4, 0.5) is 5.69 Å². The van der Waals surface area contributed by atoms with Crippen molar-refractivity contribution >= 4 is 31.6 Å². The van der Waals surface area contributed by atoms with Gasteiger partial charge in [0.2, 0.25) is 20.0 Å². The summed E-state index contributed by atoms with van der Waals surface area (Å²) in [5.74, 6) is -0.696. The summed E-state index contributed by atoms with van der Waals surface area (Å²) in [6.07, 6.45) is 1.39. The van der Waals surface area contributed by atoms with E-state index in [2.05, 4.69) is 4.72 Å². The Morgan fingerprint density at radius 1 is 1.30 bits per heavy atom. The fourth-order valence-electron chi connectivity index (χ4n) is 3.13. The van der Waals surface area contributed by atoms with Crippen molar-refractivity contribution in [2.75, 3.05) is 44.0 Å². The summed E-state index contributed by atoms with van der Waals surface area (Å²) in [4.78, 5) is 14.7. The van der Waals surface area contributed by atoms with Gasteiger partial charge in [0.1, 0.15) is 6.10 Å². The van der Waals surface area contributed by atoms with Crippen LogP contribution < -0.4 is 9.46 Å². The molecule has 170 valence electrons. The van der Waals surface area contributed by atoms with Crippen molar-refractivity contribution in [3.8, 4) is 5.75 Å². The Morgan fingerprint density at radius 3 is 2.47 bits per heavy atom. The lowest BCUT2D eigenvalue weighted by atomic mass is 9.99. The first-order chi connectivity index (χ1) is 13.7. The van der Waals surface area contributed by atoms with Crippen LogP contribution in [0.5, 0.6) is 5.75 Å². The van der Waals surface area contributed by atoms with Crippen LogP contribution in [-0.2, 0) is 20.0 Å². The van der Waals surface area contributed by atoms with Crippen LogP contribution in [0.3, 0.4) is 0 Å². The quantitative estimate of drug-likeness (QED) is 0.589. The average molecular weight is 464 g/mol. The van der Waals surface area contributed by atoms with Gasteiger partial charge in [0, 0.05) is 19.5 Å².